The third-order valence-electron chi connectivity index (χ3n) is 4.26. The van der Waals surface area contributed by atoms with E-state index in [-0.39, 0.29) is 23.3 Å². The highest BCUT2D eigenvalue weighted by Gasteiger charge is 2.36. The summed E-state index contributed by atoms with van der Waals surface area (Å²) in [4.78, 5) is 17.9. The summed E-state index contributed by atoms with van der Waals surface area (Å²) in [5, 5.41) is 0. The summed E-state index contributed by atoms with van der Waals surface area (Å²) < 4.78 is 13.8. The second kappa shape index (κ2) is 6.23. The number of likely N-dealkylation sites (tertiary alicyclic amines) is 1. The van der Waals surface area contributed by atoms with Gasteiger partial charge >= 0.3 is 0 Å². The van der Waals surface area contributed by atoms with Crippen LogP contribution in [0.4, 0.5) is 4.39 Å². The van der Waals surface area contributed by atoms with Gasteiger partial charge in [-0.1, -0.05) is 30.3 Å². The van der Waals surface area contributed by atoms with E-state index in [9.17, 15) is 9.18 Å². The second-order valence-electron chi connectivity index (χ2n) is 5.58. The van der Waals surface area contributed by atoms with Gasteiger partial charge in [-0.3, -0.25) is 9.78 Å². The minimum absolute atomic E-state index is 0.0690. The first-order valence-electron chi connectivity index (χ1n) is 7.34. The van der Waals surface area contributed by atoms with Crippen LogP contribution in [0.25, 0.3) is 0 Å². The Morgan fingerprint density at radius 1 is 1.27 bits per heavy atom. The van der Waals surface area contributed by atoms with Gasteiger partial charge in [-0.25, -0.2) is 4.39 Å². The van der Waals surface area contributed by atoms with Gasteiger partial charge in [0.25, 0.3) is 5.91 Å². The van der Waals surface area contributed by atoms with Crippen molar-refractivity contribution in [2.24, 2.45) is 11.7 Å². The zero-order chi connectivity index (χ0) is 15.5. The largest absolute Gasteiger partial charge is 0.338 e. The highest BCUT2D eigenvalue weighted by atomic mass is 19.1. The molecule has 0 bridgehead atoms. The fourth-order valence-corrected chi connectivity index (χ4v) is 3.07. The van der Waals surface area contributed by atoms with Crippen LogP contribution in [0.2, 0.25) is 0 Å². The van der Waals surface area contributed by atoms with Gasteiger partial charge in [0, 0.05) is 25.2 Å². The first-order chi connectivity index (χ1) is 10.7. The second-order valence-corrected chi connectivity index (χ2v) is 5.58. The van der Waals surface area contributed by atoms with Gasteiger partial charge < -0.3 is 10.6 Å². The molecule has 2 N–H and O–H groups in total. The number of amides is 1. The van der Waals surface area contributed by atoms with Crippen LogP contribution in [0.15, 0.2) is 48.8 Å². The van der Waals surface area contributed by atoms with E-state index in [1.54, 1.807) is 4.90 Å². The van der Waals surface area contributed by atoms with E-state index in [0.717, 1.165) is 6.20 Å². The van der Waals surface area contributed by atoms with E-state index < -0.39 is 5.82 Å². The van der Waals surface area contributed by atoms with Crippen LogP contribution in [0.3, 0.4) is 0 Å². The molecule has 2 aromatic rings. The molecule has 0 spiro atoms. The summed E-state index contributed by atoms with van der Waals surface area (Å²) in [6.45, 7) is 1.62. The molecule has 1 amide bonds. The van der Waals surface area contributed by atoms with Gasteiger partial charge in [0.05, 0.1) is 11.8 Å². The van der Waals surface area contributed by atoms with Crippen LogP contribution in [-0.4, -0.2) is 35.4 Å². The van der Waals surface area contributed by atoms with Crippen molar-refractivity contribution in [1.29, 1.82) is 0 Å². The molecular weight excluding hydrogens is 281 g/mol. The topological polar surface area (TPSA) is 59.2 Å². The lowest BCUT2D eigenvalue weighted by atomic mass is 9.89. The molecule has 22 heavy (non-hydrogen) atoms. The fraction of sp³-hybridized carbons (Fsp3) is 0.294. The molecule has 0 unspecified atom stereocenters. The minimum Gasteiger partial charge on any atom is -0.338 e. The number of halogens is 1. The molecular formula is C17H18FN3O. The Morgan fingerprint density at radius 3 is 2.73 bits per heavy atom. The van der Waals surface area contributed by atoms with Crippen LogP contribution >= 0.6 is 0 Å². The molecule has 1 aromatic heterocycles. The van der Waals surface area contributed by atoms with Gasteiger partial charge in [0.15, 0.2) is 5.82 Å². The number of hydrogen-bond donors (Lipinski definition) is 1. The number of carbonyl (C=O) groups is 1. The Kier molecular flexibility index (Phi) is 4.15. The average molecular weight is 299 g/mol. The Balaban J connectivity index is 1.83. The van der Waals surface area contributed by atoms with Crippen molar-refractivity contribution < 1.29 is 9.18 Å². The molecule has 0 radical (unpaired) electrons. The summed E-state index contributed by atoms with van der Waals surface area (Å²) in [6.07, 6.45) is 2.50. The minimum atomic E-state index is -0.583. The SMILES string of the molecule is NC[C@@H]1CN(C(=O)c2ccncc2F)C[C@H]1c1ccccc1. The van der Waals surface area contributed by atoms with Crippen molar-refractivity contribution in [3.63, 3.8) is 0 Å². The molecule has 1 aliphatic heterocycles. The van der Waals surface area contributed by atoms with Crippen molar-refractivity contribution in [2.75, 3.05) is 19.6 Å². The van der Waals surface area contributed by atoms with E-state index in [0.29, 0.717) is 19.6 Å². The third-order valence-corrected chi connectivity index (χ3v) is 4.26. The molecule has 4 nitrogen and oxygen atoms in total. The Hall–Kier alpha value is -2.27. The van der Waals surface area contributed by atoms with Crippen molar-refractivity contribution in [1.82, 2.24) is 9.88 Å². The maximum atomic E-state index is 13.8. The van der Waals surface area contributed by atoms with Crippen molar-refractivity contribution >= 4 is 5.91 Å². The summed E-state index contributed by atoms with van der Waals surface area (Å²) >= 11 is 0. The van der Waals surface area contributed by atoms with E-state index in [2.05, 4.69) is 4.98 Å². The molecule has 0 saturated carbocycles. The number of rotatable bonds is 3. The zero-order valence-electron chi connectivity index (χ0n) is 12.2. The van der Waals surface area contributed by atoms with Crippen LogP contribution in [-0.2, 0) is 0 Å². The van der Waals surface area contributed by atoms with Gasteiger partial charge in [-0.05, 0) is 24.1 Å². The molecule has 2 heterocycles. The van der Waals surface area contributed by atoms with Crippen molar-refractivity contribution in [3.8, 4) is 0 Å². The first kappa shape index (κ1) is 14.7. The smallest absolute Gasteiger partial charge is 0.256 e. The lowest BCUT2D eigenvalue weighted by Gasteiger charge is -2.17. The predicted molar refractivity (Wildman–Crippen MR) is 81.8 cm³/mol. The van der Waals surface area contributed by atoms with Gasteiger partial charge in [-0.15, -0.1) is 0 Å². The van der Waals surface area contributed by atoms with E-state index >= 15 is 0 Å². The van der Waals surface area contributed by atoms with Crippen LogP contribution in [0.1, 0.15) is 21.8 Å². The number of pyridine rings is 1. The monoisotopic (exact) mass is 299 g/mol. The van der Waals surface area contributed by atoms with Crippen LogP contribution < -0.4 is 5.73 Å². The highest BCUT2D eigenvalue weighted by molar-refractivity contribution is 5.94. The number of benzene rings is 1. The predicted octanol–water partition coefficient (Wildman–Crippen LogP) is 2.04. The molecule has 1 fully saturated rings. The van der Waals surface area contributed by atoms with Gasteiger partial charge in [-0.2, -0.15) is 0 Å². The third kappa shape index (κ3) is 2.72. The number of hydrogen-bond acceptors (Lipinski definition) is 3. The molecule has 2 atom stereocenters. The average Bonchev–Trinajstić information content (AvgIpc) is 3.00. The van der Waals surface area contributed by atoms with Gasteiger partial charge in [0.1, 0.15) is 0 Å². The number of nitrogens with two attached hydrogens (primary N) is 1. The lowest BCUT2D eigenvalue weighted by Crippen LogP contribution is -2.30. The normalized spacial score (nSPS) is 21.1. The summed E-state index contributed by atoms with van der Waals surface area (Å²) in [6, 6.07) is 11.4. The standard InChI is InChI=1S/C17H18FN3O/c18-16-9-20-7-6-14(16)17(22)21-10-13(8-19)15(11-21)12-4-2-1-3-5-12/h1-7,9,13,15H,8,10-11,19H2/t13-,15+/m1/s1. The Morgan fingerprint density at radius 2 is 2.05 bits per heavy atom. The van der Waals surface area contributed by atoms with Crippen LogP contribution in [0.5, 0.6) is 0 Å². The van der Waals surface area contributed by atoms with Gasteiger partial charge in [0.2, 0.25) is 0 Å². The zero-order valence-corrected chi connectivity index (χ0v) is 12.2. The fourth-order valence-electron chi connectivity index (χ4n) is 3.07. The molecule has 3 rings (SSSR count). The Labute approximate surface area is 128 Å². The molecule has 0 aliphatic carbocycles. The number of carbonyl (C=O) groups excluding carboxylic acids is 1. The van der Waals surface area contributed by atoms with Crippen LogP contribution in [0, 0.1) is 11.7 Å². The summed E-state index contributed by atoms with van der Waals surface area (Å²) in [7, 11) is 0. The number of nitrogens with zero attached hydrogens (tertiary/aromatic N) is 2. The summed E-state index contributed by atoms with van der Waals surface area (Å²) in [5.74, 6) is -0.493. The van der Waals surface area contributed by atoms with Crippen molar-refractivity contribution in [2.45, 2.75) is 5.92 Å². The summed E-state index contributed by atoms with van der Waals surface area (Å²) in [5.41, 5.74) is 7.11. The first-order valence-corrected chi connectivity index (χ1v) is 7.34. The highest BCUT2D eigenvalue weighted by Crippen LogP contribution is 2.32. The molecule has 1 aromatic carbocycles. The maximum Gasteiger partial charge on any atom is 0.256 e. The lowest BCUT2D eigenvalue weighted by molar-refractivity contribution is 0.0781. The molecule has 5 heteroatoms. The quantitative estimate of drug-likeness (QED) is 0.943. The van der Waals surface area contributed by atoms with E-state index in [1.165, 1.54) is 17.8 Å². The molecule has 1 saturated heterocycles. The van der Waals surface area contributed by atoms with E-state index in [1.807, 2.05) is 30.3 Å². The number of aromatic nitrogens is 1. The maximum absolute atomic E-state index is 13.8. The molecule has 1 aliphatic rings. The van der Waals surface area contributed by atoms with E-state index in [4.69, 9.17) is 5.73 Å². The molecule has 114 valence electrons. The van der Waals surface area contributed by atoms with Crippen molar-refractivity contribution in [3.05, 3.63) is 65.7 Å². The Bertz CT molecular complexity index is 662.